The minimum Gasteiger partial charge on any atom is -0.317 e. The van der Waals surface area contributed by atoms with Crippen LogP contribution in [0.2, 0.25) is 0 Å². The molecule has 1 aromatic heterocycles. The van der Waals surface area contributed by atoms with Gasteiger partial charge in [-0.15, -0.1) is 0 Å². The molecular formula is C10H17F2N3. The van der Waals surface area contributed by atoms with Gasteiger partial charge in [0.15, 0.2) is 0 Å². The number of nitrogens with two attached hydrogens (primary N) is 1. The largest absolute Gasteiger partial charge is 0.317 e. The SMILES string of the molecule is CC(C)Cn1cc(C(C)(N)C(F)F)cn1. The molecule has 0 aromatic carbocycles. The van der Waals surface area contributed by atoms with Gasteiger partial charge in [-0.1, -0.05) is 13.8 Å². The van der Waals surface area contributed by atoms with E-state index in [4.69, 9.17) is 5.73 Å². The van der Waals surface area contributed by atoms with Gasteiger partial charge in [-0.05, 0) is 12.8 Å². The summed E-state index contributed by atoms with van der Waals surface area (Å²) in [6.45, 7) is 6.10. The lowest BCUT2D eigenvalue weighted by molar-refractivity contribution is 0.0624. The Balaban J connectivity index is 2.84. The monoisotopic (exact) mass is 217 g/mol. The Morgan fingerprint density at radius 2 is 2.13 bits per heavy atom. The Labute approximate surface area is 88.3 Å². The first-order valence-corrected chi connectivity index (χ1v) is 4.94. The number of halogens is 2. The highest BCUT2D eigenvalue weighted by Crippen LogP contribution is 2.24. The molecule has 3 nitrogen and oxygen atoms in total. The second kappa shape index (κ2) is 4.26. The molecule has 0 aliphatic rings. The summed E-state index contributed by atoms with van der Waals surface area (Å²) in [7, 11) is 0. The van der Waals surface area contributed by atoms with E-state index in [2.05, 4.69) is 5.10 Å². The molecule has 0 fully saturated rings. The summed E-state index contributed by atoms with van der Waals surface area (Å²) in [5.74, 6) is 0.424. The minimum absolute atomic E-state index is 0.373. The molecular weight excluding hydrogens is 200 g/mol. The van der Waals surface area contributed by atoms with Gasteiger partial charge in [0.05, 0.1) is 6.20 Å². The zero-order chi connectivity index (χ0) is 11.6. The zero-order valence-corrected chi connectivity index (χ0v) is 9.24. The van der Waals surface area contributed by atoms with E-state index < -0.39 is 12.0 Å². The fraction of sp³-hybridized carbons (Fsp3) is 0.700. The van der Waals surface area contributed by atoms with Gasteiger partial charge in [0.25, 0.3) is 6.43 Å². The molecule has 0 amide bonds. The zero-order valence-electron chi connectivity index (χ0n) is 9.24. The topological polar surface area (TPSA) is 43.8 Å². The molecule has 1 heterocycles. The normalized spacial score (nSPS) is 16.0. The van der Waals surface area contributed by atoms with Crippen molar-refractivity contribution in [2.75, 3.05) is 0 Å². The maximum absolute atomic E-state index is 12.6. The highest BCUT2D eigenvalue weighted by Gasteiger charge is 2.33. The number of hydrogen-bond donors (Lipinski definition) is 1. The first kappa shape index (κ1) is 12.1. The molecule has 1 aromatic rings. The lowest BCUT2D eigenvalue weighted by Gasteiger charge is -2.21. The van der Waals surface area contributed by atoms with Crippen molar-refractivity contribution in [2.45, 2.75) is 39.3 Å². The summed E-state index contributed by atoms with van der Waals surface area (Å²) in [5, 5.41) is 4.01. The predicted molar refractivity (Wildman–Crippen MR) is 54.6 cm³/mol. The van der Waals surface area contributed by atoms with E-state index >= 15 is 0 Å². The van der Waals surface area contributed by atoms with Gasteiger partial charge in [-0.25, -0.2) is 8.78 Å². The van der Waals surface area contributed by atoms with Crippen molar-refractivity contribution in [1.82, 2.24) is 9.78 Å². The number of aromatic nitrogens is 2. The number of nitrogens with zero attached hydrogens (tertiary/aromatic N) is 2. The van der Waals surface area contributed by atoms with Crippen molar-refractivity contribution in [3.05, 3.63) is 18.0 Å². The van der Waals surface area contributed by atoms with Crippen molar-refractivity contribution in [3.8, 4) is 0 Å². The highest BCUT2D eigenvalue weighted by atomic mass is 19.3. The average Bonchev–Trinajstić information content (AvgIpc) is 2.51. The Kier molecular flexibility index (Phi) is 3.44. The number of alkyl halides is 2. The maximum Gasteiger partial charge on any atom is 0.260 e. The number of rotatable bonds is 4. The summed E-state index contributed by atoms with van der Waals surface area (Å²) in [5.41, 5.74) is 4.28. The van der Waals surface area contributed by atoms with E-state index in [1.165, 1.54) is 13.1 Å². The smallest absolute Gasteiger partial charge is 0.260 e. The Morgan fingerprint density at radius 3 is 2.60 bits per heavy atom. The molecule has 0 aliphatic carbocycles. The maximum atomic E-state index is 12.6. The molecule has 0 saturated heterocycles. The summed E-state index contributed by atoms with van der Waals surface area (Å²) >= 11 is 0. The standard InChI is InChI=1S/C10H17F2N3/c1-7(2)5-15-6-8(4-14-15)10(3,13)9(11)12/h4,6-7,9H,5,13H2,1-3H3. The van der Waals surface area contributed by atoms with Gasteiger partial charge in [0.1, 0.15) is 5.54 Å². The van der Waals surface area contributed by atoms with Crippen LogP contribution in [0.1, 0.15) is 26.3 Å². The highest BCUT2D eigenvalue weighted by molar-refractivity contribution is 5.17. The van der Waals surface area contributed by atoms with Crippen LogP contribution in [0, 0.1) is 5.92 Å². The van der Waals surface area contributed by atoms with Crippen LogP contribution in [-0.2, 0) is 12.1 Å². The molecule has 0 aliphatic heterocycles. The Hall–Kier alpha value is -0.970. The van der Waals surface area contributed by atoms with Crippen LogP contribution in [-0.4, -0.2) is 16.2 Å². The van der Waals surface area contributed by atoms with Crippen LogP contribution in [0.5, 0.6) is 0 Å². The van der Waals surface area contributed by atoms with Crippen LogP contribution in [0.25, 0.3) is 0 Å². The molecule has 0 saturated carbocycles. The summed E-state index contributed by atoms with van der Waals surface area (Å²) in [6, 6.07) is 0. The summed E-state index contributed by atoms with van der Waals surface area (Å²) < 4.78 is 26.9. The van der Waals surface area contributed by atoms with E-state index in [1.807, 2.05) is 13.8 Å². The van der Waals surface area contributed by atoms with Crippen LogP contribution >= 0.6 is 0 Å². The first-order valence-electron chi connectivity index (χ1n) is 4.94. The molecule has 1 atom stereocenters. The predicted octanol–water partition coefficient (Wildman–Crippen LogP) is 1.98. The fourth-order valence-corrected chi connectivity index (χ4v) is 1.24. The van der Waals surface area contributed by atoms with E-state index in [-0.39, 0.29) is 0 Å². The molecule has 5 heteroatoms. The molecule has 0 bridgehead atoms. The molecule has 0 radical (unpaired) electrons. The third-order valence-electron chi connectivity index (χ3n) is 2.26. The van der Waals surface area contributed by atoms with Crippen LogP contribution in [0.4, 0.5) is 8.78 Å². The minimum atomic E-state index is -2.59. The molecule has 1 rings (SSSR count). The van der Waals surface area contributed by atoms with Crippen LogP contribution in [0.3, 0.4) is 0 Å². The lowest BCUT2D eigenvalue weighted by atomic mass is 9.97. The summed E-state index contributed by atoms with van der Waals surface area (Å²) in [6.07, 6.45) is 0.412. The second-order valence-electron chi connectivity index (χ2n) is 4.43. The van der Waals surface area contributed by atoms with Gasteiger partial charge in [-0.2, -0.15) is 5.10 Å². The molecule has 2 N–H and O–H groups in total. The van der Waals surface area contributed by atoms with Crippen molar-refractivity contribution in [3.63, 3.8) is 0 Å². The Morgan fingerprint density at radius 1 is 1.53 bits per heavy atom. The Bertz CT molecular complexity index is 318. The number of hydrogen-bond acceptors (Lipinski definition) is 2. The van der Waals surface area contributed by atoms with E-state index in [1.54, 1.807) is 10.9 Å². The molecule has 1 unspecified atom stereocenters. The summed E-state index contributed by atoms with van der Waals surface area (Å²) in [4.78, 5) is 0. The van der Waals surface area contributed by atoms with Crippen molar-refractivity contribution < 1.29 is 8.78 Å². The van der Waals surface area contributed by atoms with E-state index in [9.17, 15) is 8.78 Å². The average molecular weight is 217 g/mol. The van der Waals surface area contributed by atoms with Crippen molar-refractivity contribution >= 4 is 0 Å². The van der Waals surface area contributed by atoms with Gasteiger partial charge in [0, 0.05) is 18.3 Å². The van der Waals surface area contributed by atoms with Crippen LogP contribution < -0.4 is 5.73 Å². The van der Waals surface area contributed by atoms with E-state index in [0.29, 0.717) is 18.0 Å². The second-order valence-corrected chi connectivity index (χ2v) is 4.43. The van der Waals surface area contributed by atoms with Gasteiger partial charge < -0.3 is 5.73 Å². The third kappa shape index (κ3) is 2.75. The first-order chi connectivity index (χ1) is 6.84. The molecule has 15 heavy (non-hydrogen) atoms. The lowest BCUT2D eigenvalue weighted by Crippen LogP contribution is -2.40. The third-order valence-corrected chi connectivity index (χ3v) is 2.26. The van der Waals surface area contributed by atoms with Gasteiger partial charge >= 0.3 is 0 Å². The van der Waals surface area contributed by atoms with Crippen LogP contribution in [0.15, 0.2) is 12.4 Å². The van der Waals surface area contributed by atoms with Crippen molar-refractivity contribution in [2.24, 2.45) is 11.7 Å². The fourth-order valence-electron chi connectivity index (χ4n) is 1.24. The molecule has 86 valence electrons. The van der Waals surface area contributed by atoms with E-state index in [0.717, 1.165) is 0 Å². The van der Waals surface area contributed by atoms with Crippen molar-refractivity contribution in [1.29, 1.82) is 0 Å². The van der Waals surface area contributed by atoms with Gasteiger partial charge in [0.2, 0.25) is 0 Å². The quantitative estimate of drug-likeness (QED) is 0.838. The molecule has 0 spiro atoms. The van der Waals surface area contributed by atoms with Gasteiger partial charge in [-0.3, -0.25) is 4.68 Å².